The maximum absolute atomic E-state index is 12.9. The molecule has 1 aliphatic rings. The van der Waals surface area contributed by atoms with Gasteiger partial charge in [0, 0.05) is 6.07 Å². The summed E-state index contributed by atoms with van der Waals surface area (Å²) >= 11 is -1.32. The number of aryl methyl sites for hydroxylation is 2. The van der Waals surface area contributed by atoms with Gasteiger partial charge in [0.05, 0.1) is 17.7 Å². The van der Waals surface area contributed by atoms with Gasteiger partial charge < -0.3 is 4.55 Å². The Morgan fingerprint density at radius 3 is 2.10 bits per heavy atom. The van der Waals surface area contributed by atoms with Crippen molar-refractivity contribution >= 4 is 35.1 Å². The summed E-state index contributed by atoms with van der Waals surface area (Å²) in [7, 11) is 0. The van der Waals surface area contributed by atoms with Crippen LogP contribution in [0.1, 0.15) is 43.0 Å². The summed E-state index contributed by atoms with van der Waals surface area (Å²) in [5.41, 5.74) is 5.37. The lowest BCUT2D eigenvalue weighted by Crippen LogP contribution is -2.34. The van der Waals surface area contributed by atoms with Crippen molar-refractivity contribution in [1.29, 1.82) is 0 Å². The van der Waals surface area contributed by atoms with Crippen LogP contribution in [0.15, 0.2) is 71.6 Å². The number of hydrogen-bond donors (Lipinski definition) is 0. The molecule has 0 aromatic heterocycles. The fourth-order valence-electron chi connectivity index (χ4n) is 3.76. The lowest BCUT2D eigenvalue weighted by Gasteiger charge is -2.16. The van der Waals surface area contributed by atoms with Crippen LogP contribution in [-0.2, 0) is 11.2 Å². The molecule has 0 saturated heterocycles. The van der Waals surface area contributed by atoms with Gasteiger partial charge in [-0.2, -0.15) is 0 Å². The second kappa shape index (κ2) is 8.92. The molecule has 3 aromatic carbocycles. The summed E-state index contributed by atoms with van der Waals surface area (Å²) in [6, 6.07) is 20.5. The molecule has 1 heterocycles. The van der Waals surface area contributed by atoms with Crippen LogP contribution >= 0.6 is 0 Å². The van der Waals surface area contributed by atoms with E-state index in [1.807, 2.05) is 36.4 Å². The van der Waals surface area contributed by atoms with Crippen molar-refractivity contribution in [3.05, 3.63) is 100 Å². The Bertz CT molecular complexity index is 1130. The third-order valence-electron chi connectivity index (χ3n) is 5.48. The standard InChI is InChI=1S/C26H23NO3S/c1-18-7-5-8-19(2)22(18)14-13-20-9-6-10-21(17-20)31(30)16-15-27-25(28)23-11-3-4-12-24(23)26(27)29/h3-14,17H,15-16H2,1-2H3/b14-13+. The molecule has 4 nitrogen and oxygen atoms in total. The summed E-state index contributed by atoms with van der Waals surface area (Å²) in [5.74, 6) is -0.430. The molecule has 0 N–H and O–H groups in total. The largest absolute Gasteiger partial charge is 0.611 e. The number of nitrogens with zero attached hydrogens (tertiary/aromatic N) is 1. The summed E-state index contributed by atoms with van der Waals surface area (Å²) < 4.78 is 12.9. The Hall–Kier alpha value is -3.15. The summed E-state index contributed by atoms with van der Waals surface area (Å²) in [5, 5.41) is 0. The molecular weight excluding hydrogens is 406 g/mol. The molecule has 4 rings (SSSR count). The van der Waals surface area contributed by atoms with E-state index in [0.717, 1.165) is 5.56 Å². The summed E-state index contributed by atoms with van der Waals surface area (Å²) in [6.07, 6.45) is 4.09. The first-order chi connectivity index (χ1) is 15.0. The lowest BCUT2D eigenvalue weighted by atomic mass is 10.0. The minimum atomic E-state index is -1.32. The monoisotopic (exact) mass is 429 g/mol. The molecule has 31 heavy (non-hydrogen) atoms. The number of amides is 2. The van der Waals surface area contributed by atoms with Crippen molar-refractivity contribution in [3.63, 3.8) is 0 Å². The Morgan fingerprint density at radius 2 is 1.45 bits per heavy atom. The van der Waals surface area contributed by atoms with Crippen molar-refractivity contribution < 1.29 is 14.1 Å². The van der Waals surface area contributed by atoms with Gasteiger partial charge in [-0.05, 0) is 65.5 Å². The average Bonchev–Trinajstić information content (AvgIpc) is 3.02. The molecule has 156 valence electrons. The molecule has 0 bridgehead atoms. The van der Waals surface area contributed by atoms with Crippen molar-refractivity contribution in [2.75, 3.05) is 12.3 Å². The minimum Gasteiger partial charge on any atom is -0.611 e. The maximum Gasteiger partial charge on any atom is 0.261 e. The number of imide groups is 1. The number of fused-ring (bicyclic) bond motifs is 1. The van der Waals surface area contributed by atoms with Gasteiger partial charge in [0.2, 0.25) is 0 Å². The summed E-state index contributed by atoms with van der Waals surface area (Å²) in [6.45, 7) is 4.29. The highest BCUT2D eigenvalue weighted by Gasteiger charge is 2.35. The van der Waals surface area contributed by atoms with Crippen LogP contribution in [0.3, 0.4) is 0 Å². The van der Waals surface area contributed by atoms with Gasteiger partial charge in [-0.3, -0.25) is 14.5 Å². The zero-order valence-electron chi connectivity index (χ0n) is 17.5. The fourth-order valence-corrected chi connectivity index (χ4v) is 4.85. The van der Waals surface area contributed by atoms with Gasteiger partial charge in [0.1, 0.15) is 5.75 Å². The molecule has 0 saturated carbocycles. The zero-order valence-corrected chi connectivity index (χ0v) is 18.3. The maximum atomic E-state index is 12.9. The van der Waals surface area contributed by atoms with Gasteiger partial charge in [-0.1, -0.05) is 54.6 Å². The quantitative estimate of drug-likeness (QED) is 0.319. The first-order valence-electron chi connectivity index (χ1n) is 10.1. The van der Waals surface area contributed by atoms with E-state index in [0.29, 0.717) is 16.0 Å². The smallest absolute Gasteiger partial charge is 0.261 e. The van der Waals surface area contributed by atoms with E-state index in [9.17, 15) is 14.1 Å². The molecule has 1 unspecified atom stereocenters. The van der Waals surface area contributed by atoms with Crippen molar-refractivity contribution in [3.8, 4) is 0 Å². The highest BCUT2D eigenvalue weighted by molar-refractivity contribution is 7.91. The van der Waals surface area contributed by atoms with Gasteiger partial charge in [0.25, 0.3) is 11.8 Å². The average molecular weight is 430 g/mol. The van der Waals surface area contributed by atoms with E-state index < -0.39 is 11.2 Å². The highest BCUT2D eigenvalue weighted by Crippen LogP contribution is 2.23. The minimum absolute atomic E-state index is 0.126. The first kappa shape index (κ1) is 21.1. The van der Waals surface area contributed by atoms with Crippen LogP contribution in [0.4, 0.5) is 0 Å². The Kier molecular flexibility index (Phi) is 6.07. The van der Waals surface area contributed by atoms with Gasteiger partial charge >= 0.3 is 0 Å². The Morgan fingerprint density at radius 1 is 0.839 bits per heavy atom. The van der Waals surface area contributed by atoms with Gasteiger partial charge in [-0.25, -0.2) is 0 Å². The van der Waals surface area contributed by atoms with Crippen molar-refractivity contribution in [2.45, 2.75) is 18.7 Å². The Balaban J connectivity index is 1.44. The second-order valence-corrected chi connectivity index (χ2v) is 9.14. The van der Waals surface area contributed by atoms with E-state index in [1.165, 1.54) is 21.6 Å². The molecule has 0 fully saturated rings. The molecule has 0 spiro atoms. The van der Waals surface area contributed by atoms with Gasteiger partial charge in [0.15, 0.2) is 4.90 Å². The molecule has 5 heteroatoms. The van der Waals surface area contributed by atoms with Crippen LogP contribution in [0, 0.1) is 13.8 Å². The molecule has 3 aromatic rings. The lowest BCUT2D eigenvalue weighted by molar-refractivity contribution is 0.0664. The van der Waals surface area contributed by atoms with Crippen molar-refractivity contribution in [1.82, 2.24) is 4.90 Å². The molecular formula is C26H23NO3S. The first-order valence-corrected chi connectivity index (χ1v) is 11.5. The molecule has 2 amide bonds. The van der Waals surface area contributed by atoms with Crippen molar-refractivity contribution in [2.24, 2.45) is 0 Å². The normalized spacial score (nSPS) is 14.4. The number of benzene rings is 3. The van der Waals surface area contributed by atoms with Crippen LogP contribution < -0.4 is 0 Å². The van der Waals surface area contributed by atoms with E-state index in [2.05, 4.69) is 32.1 Å². The van der Waals surface area contributed by atoms with Crippen LogP contribution in [0.5, 0.6) is 0 Å². The zero-order chi connectivity index (χ0) is 22.0. The fraction of sp³-hybridized carbons (Fsp3) is 0.154. The number of carbonyl (C=O) groups is 2. The third kappa shape index (κ3) is 4.33. The second-order valence-electron chi connectivity index (χ2n) is 7.57. The van der Waals surface area contributed by atoms with E-state index >= 15 is 0 Å². The SMILES string of the molecule is Cc1cccc(C)c1/C=C/c1cccc([S+]([O-])CCN2C(=O)c3ccccc3C2=O)c1. The third-order valence-corrected chi connectivity index (χ3v) is 6.82. The number of rotatable bonds is 6. The van der Waals surface area contributed by atoms with Crippen LogP contribution in [0.2, 0.25) is 0 Å². The van der Waals surface area contributed by atoms with Gasteiger partial charge in [-0.15, -0.1) is 0 Å². The summed E-state index contributed by atoms with van der Waals surface area (Å²) in [4.78, 5) is 26.8. The molecule has 0 radical (unpaired) electrons. The van der Waals surface area contributed by atoms with Crippen LogP contribution in [0.25, 0.3) is 12.2 Å². The van der Waals surface area contributed by atoms with Crippen LogP contribution in [-0.4, -0.2) is 33.6 Å². The predicted molar refractivity (Wildman–Crippen MR) is 124 cm³/mol. The number of hydrogen-bond acceptors (Lipinski definition) is 3. The Labute approximate surface area is 185 Å². The molecule has 1 atom stereocenters. The molecule has 1 aliphatic heterocycles. The molecule has 0 aliphatic carbocycles. The highest BCUT2D eigenvalue weighted by atomic mass is 32.2. The van der Waals surface area contributed by atoms with E-state index in [1.54, 1.807) is 24.3 Å². The van der Waals surface area contributed by atoms with E-state index in [-0.39, 0.29) is 24.1 Å². The topological polar surface area (TPSA) is 60.4 Å². The predicted octanol–water partition coefficient (Wildman–Crippen LogP) is 4.88. The van der Waals surface area contributed by atoms with E-state index in [4.69, 9.17) is 0 Å². The number of carbonyl (C=O) groups excluding carboxylic acids is 2.